The lowest BCUT2D eigenvalue weighted by Gasteiger charge is -2.18. The highest BCUT2D eigenvalue weighted by atomic mass is 16.6. The SMILES string of the molecule is CC/C=C\C/C=C\C/C=C\CCCCCC(=O)OCC(COC(=O)CCCCCCCCCCCC/C=C\C/C=C\C/C=C\CCCCCCC)OC(=O)CCCCCCCCCCCCCCCCCCCCC. The first-order valence-corrected chi connectivity index (χ1v) is 32.4. The Balaban J connectivity index is 4.31. The Morgan fingerprint density at radius 2 is 0.520 bits per heavy atom. The van der Waals surface area contributed by atoms with Crippen molar-refractivity contribution in [3.8, 4) is 0 Å². The van der Waals surface area contributed by atoms with Crippen LogP contribution in [0.3, 0.4) is 0 Å². The van der Waals surface area contributed by atoms with E-state index in [4.69, 9.17) is 14.2 Å². The molecule has 0 aromatic carbocycles. The molecule has 0 spiro atoms. The van der Waals surface area contributed by atoms with Crippen LogP contribution >= 0.6 is 0 Å². The Hall–Kier alpha value is -3.15. The predicted molar refractivity (Wildman–Crippen MR) is 325 cm³/mol. The largest absolute Gasteiger partial charge is 0.462 e. The van der Waals surface area contributed by atoms with Crippen molar-refractivity contribution in [3.05, 3.63) is 72.9 Å². The highest BCUT2D eigenvalue weighted by Crippen LogP contribution is 2.17. The third kappa shape index (κ3) is 61.6. The van der Waals surface area contributed by atoms with Crippen LogP contribution in [0.5, 0.6) is 0 Å². The Bertz CT molecular complexity index is 1390. The van der Waals surface area contributed by atoms with E-state index in [2.05, 4.69) is 93.7 Å². The van der Waals surface area contributed by atoms with Gasteiger partial charge < -0.3 is 14.2 Å². The lowest BCUT2D eigenvalue weighted by atomic mass is 10.0. The van der Waals surface area contributed by atoms with E-state index in [0.29, 0.717) is 19.3 Å². The minimum Gasteiger partial charge on any atom is -0.462 e. The van der Waals surface area contributed by atoms with Crippen LogP contribution in [0.15, 0.2) is 72.9 Å². The summed E-state index contributed by atoms with van der Waals surface area (Å²) < 4.78 is 16.9. The fraction of sp³-hybridized carbons (Fsp3) is 0.783. The van der Waals surface area contributed by atoms with E-state index >= 15 is 0 Å². The van der Waals surface area contributed by atoms with Crippen LogP contribution in [-0.4, -0.2) is 37.2 Å². The van der Waals surface area contributed by atoms with Crippen molar-refractivity contribution in [2.24, 2.45) is 0 Å². The van der Waals surface area contributed by atoms with E-state index in [1.54, 1.807) is 0 Å². The van der Waals surface area contributed by atoms with E-state index in [-0.39, 0.29) is 31.1 Å². The molecule has 0 rings (SSSR count). The summed E-state index contributed by atoms with van der Waals surface area (Å²) in [6.07, 6.45) is 82.0. The van der Waals surface area contributed by atoms with Crippen LogP contribution < -0.4 is 0 Å². The van der Waals surface area contributed by atoms with Gasteiger partial charge in [0.1, 0.15) is 13.2 Å². The number of allylic oxidation sites excluding steroid dienone is 12. The number of carbonyl (C=O) groups excluding carboxylic acids is 3. The van der Waals surface area contributed by atoms with Crippen molar-refractivity contribution in [3.63, 3.8) is 0 Å². The Labute approximate surface area is 465 Å². The molecule has 0 aliphatic carbocycles. The average molecular weight is 1050 g/mol. The summed E-state index contributed by atoms with van der Waals surface area (Å²) in [5, 5.41) is 0. The Morgan fingerprint density at radius 1 is 0.280 bits per heavy atom. The van der Waals surface area contributed by atoms with Crippen molar-refractivity contribution < 1.29 is 28.6 Å². The number of unbranched alkanes of at least 4 members (excludes halogenated alkanes) is 36. The van der Waals surface area contributed by atoms with Crippen molar-refractivity contribution in [1.29, 1.82) is 0 Å². The molecule has 0 aliphatic rings. The quantitative estimate of drug-likeness (QED) is 0.0261. The predicted octanol–water partition coefficient (Wildman–Crippen LogP) is 22.1. The van der Waals surface area contributed by atoms with E-state index < -0.39 is 6.10 Å². The second-order valence-electron chi connectivity index (χ2n) is 21.6. The first kappa shape index (κ1) is 71.8. The molecule has 0 radical (unpaired) electrons. The van der Waals surface area contributed by atoms with Crippen molar-refractivity contribution in [2.75, 3.05) is 13.2 Å². The van der Waals surface area contributed by atoms with Gasteiger partial charge in [-0.1, -0.05) is 293 Å². The van der Waals surface area contributed by atoms with Gasteiger partial charge in [-0.15, -0.1) is 0 Å². The minimum atomic E-state index is -0.788. The van der Waals surface area contributed by atoms with Gasteiger partial charge in [-0.2, -0.15) is 0 Å². The van der Waals surface area contributed by atoms with Gasteiger partial charge in [0, 0.05) is 19.3 Å². The number of ether oxygens (including phenoxy) is 3. The van der Waals surface area contributed by atoms with Gasteiger partial charge in [0.2, 0.25) is 0 Å². The molecule has 0 fully saturated rings. The zero-order chi connectivity index (χ0) is 54.3. The second kappa shape index (κ2) is 63.4. The summed E-state index contributed by atoms with van der Waals surface area (Å²) in [5.41, 5.74) is 0. The molecule has 434 valence electrons. The smallest absolute Gasteiger partial charge is 0.306 e. The number of esters is 3. The van der Waals surface area contributed by atoms with E-state index in [1.807, 2.05) is 0 Å². The van der Waals surface area contributed by atoms with Crippen LogP contribution in [0.1, 0.15) is 329 Å². The monoisotopic (exact) mass is 1050 g/mol. The van der Waals surface area contributed by atoms with E-state index in [9.17, 15) is 14.4 Å². The van der Waals surface area contributed by atoms with Gasteiger partial charge >= 0.3 is 17.9 Å². The average Bonchev–Trinajstić information content (AvgIpc) is 3.41. The maximum absolute atomic E-state index is 12.9. The lowest BCUT2D eigenvalue weighted by molar-refractivity contribution is -0.167. The molecular weight excluding hydrogens is 925 g/mol. The molecule has 0 aromatic heterocycles. The van der Waals surface area contributed by atoms with Crippen molar-refractivity contribution >= 4 is 17.9 Å². The zero-order valence-corrected chi connectivity index (χ0v) is 49.8. The van der Waals surface area contributed by atoms with Gasteiger partial charge in [-0.3, -0.25) is 14.4 Å². The van der Waals surface area contributed by atoms with E-state index in [0.717, 1.165) is 96.3 Å². The summed E-state index contributed by atoms with van der Waals surface area (Å²) in [7, 11) is 0. The zero-order valence-electron chi connectivity index (χ0n) is 49.8. The first-order chi connectivity index (χ1) is 37.0. The van der Waals surface area contributed by atoms with Gasteiger partial charge in [-0.25, -0.2) is 0 Å². The van der Waals surface area contributed by atoms with Crippen LogP contribution in [0, 0.1) is 0 Å². The second-order valence-corrected chi connectivity index (χ2v) is 21.6. The number of rotatable bonds is 59. The molecule has 6 heteroatoms. The van der Waals surface area contributed by atoms with Crippen LogP contribution in [-0.2, 0) is 28.6 Å². The molecule has 1 unspecified atom stereocenters. The summed E-state index contributed by atoms with van der Waals surface area (Å²) in [5.74, 6) is -0.902. The highest BCUT2D eigenvalue weighted by Gasteiger charge is 2.19. The molecular formula is C69H122O6. The van der Waals surface area contributed by atoms with Gasteiger partial charge in [0.15, 0.2) is 6.10 Å². The van der Waals surface area contributed by atoms with Gasteiger partial charge in [0.05, 0.1) is 0 Å². The Kier molecular flexibility index (Phi) is 60.7. The van der Waals surface area contributed by atoms with Crippen molar-refractivity contribution in [2.45, 2.75) is 335 Å². The minimum absolute atomic E-state index is 0.0842. The molecule has 0 saturated carbocycles. The maximum atomic E-state index is 12.9. The van der Waals surface area contributed by atoms with Crippen molar-refractivity contribution in [1.82, 2.24) is 0 Å². The number of hydrogen-bond donors (Lipinski definition) is 0. The van der Waals surface area contributed by atoms with Crippen LogP contribution in [0.25, 0.3) is 0 Å². The number of carbonyl (C=O) groups is 3. The standard InChI is InChI=1S/C69H122O6/c1-4-7-10-13-16-19-22-25-27-29-31-32-33-34-35-36-38-39-41-44-47-50-53-56-59-62-68(71)74-65-66(64-73-67(70)61-58-55-52-49-46-43-24-21-18-15-12-9-6-3)75-69(72)63-60-57-54-51-48-45-42-40-37-30-28-26-23-20-17-14-11-8-5-2/h9,12,18,21-22,25,29,31,33-34,43,46,66H,4-8,10-11,13-17,19-20,23-24,26-28,30,32,35-42,44-45,47-65H2,1-3H3/b12-9-,21-18-,25-22-,31-29-,34-33-,46-43-. The van der Waals surface area contributed by atoms with Crippen LogP contribution in [0.2, 0.25) is 0 Å². The molecule has 0 N–H and O–H groups in total. The summed E-state index contributed by atoms with van der Waals surface area (Å²) in [4.78, 5) is 38.3. The Morgan fingerprint density at radius 3 is 0.827 bits per heavy atom. The fourth-order valence-corrected chi connectivity index (χ4v) is 9.35. The molecule has 75 heavy (non-hydrogen) atoms. The molecule has 6 nitrogen and oxygen atoms in total. The molecule has 0 aliphatic heterocycles. The first-order valence-electron chi connectivity index (χ1n) is 32.4. The lowest BCUT2D eigenvalue weighted by Crippen LogP contribution is -2.30. The molecule has 0 bridgehead atoms. The van der Waals surface area contributed by atoms with Crippen LogP contribution in [0.4, 0.5) is 0 Å². The number of hydrogen-bond acceptors (Lipinski definition) is 6. The molecule has 0 saturated heterocycles. The summed E-state index contributed by atoms with van der Waals surface area (Å²) >= 11 is 0. The normalized spacial score (nSPS) is 12.5. The molecule has 1 atom stereocenters. The van der Waals surface area contributed by atoms with Gasteiger partial charge in [0.25, 0.3) is 0 Å². The summed E-state index contributed by atoms with van der Waals surface area (Å²) in [6, 6.07) is 0. The van der Waals surface area contributed by atoms with E-state index in [1.165, 1.54) is 193 Å². The fourth-order valence-electron chi connectivity index (χ4n) is 9.35. The third-order valence-electron chi connectivity index (χ3n) is 14.2. The molecule has 0 aromatic rings. The topological polar surface area (TPSA) is 78.9 Å². The molecule has 0 heterocycles. The summed E-state index contributed by atoms with van der Waals surface area (Å²) in [6.45, 7) is 6.53. The van der Waals surface area contributed by atoms with Gasteiger partial charge in [-0.05, 0) is 89.9 Å². The maximum Gasteiger partial charge on any atom is 0.306 e. The third-order valence-corrected chi connectivity index (χ3v) is 14.2. The molecule has 0 amide bonds. The highest BCUT2D eigenvalue weighted by molar-refractivity contribution is 5.71.